The summed E-state index contributed by atoms with van der Waals surface area (Å²) in [4.78, 5) is 0. The highest BCUT2D eigenvalue weighted by Crippen LogP contribution is 2.12. The van der Waals surface area contributed by atoms with Crippen LogP contribution in [0.1, 0.15) is 5.56 Å². The van der Waals surface area contributed by atoms with Crippen molar-refractivity contribution in [2.45, 2.75) is 6.92 Å². The summed E-state index contributed by atoms with van der Waals surface area (Å²) < 4.78 is 12.5. The molecule has 0 nitrogen and oxygen atoms in total. The van der Waals surface area contributed by atoms with Gasteiger partial charge in [-0.05, 0) is 24.6 Å². The van der Waals surface area contributed by atoms with Gasteiger partial charge in [-0.3, -0.25) is 0 Å². The molecule has 1 rings (SSSR count). The molecule has 1 aromatic rings. The van der Waals surface area contributed by atoms with Crippen LogP contribution in [0, 0.1) is 25.6 Å². The first kappa shape index (κ1) is 10.0. The Bertz CT molecular complexity index is 253. The number of hydrogen-bond donors (Lipinski definition) is 0. The van der Waals surface area contributed by atoms with Gasteiger partial charge in [-0.1, -0.05) is 17.7 Å². The van der Waals surface area contributed by atoms with E-state index in [0.29, 0.717) is 10.6 Å². The highest BCUT2D eigenvalue weighted by atomic mass is 35.5. The van der Waals surface area contributed by atoms with Crippen LogP contribution < -0.4 is 0 Å². The van der Waals surface area contributed by atoms with Crippen LogP contribution in [0.3, 0.4) is 0 Å². The Morgan fingerprint density at radius 1 is 1.36 bits per heavy atom. The van der Waals surface area contributed by atoms with Crippen molar-refractivity contribution in [3.05, 3.63) is 34.6 Å². The van der Waals surface area contributed by atoms with E-state index in [0.717, 1.165) is 0 Å². The zero-order chi connectivity index (χ0) is 8.85. The molecule has 0 atom stereocenters. The van der Waals surface area contributed by atoms with Crippen LogP contribution in [-0.4, -0.2) is 0 Å². The van der Waals surface area contributed by atoms with Gasteiger partial charge in [0.1, 0.15) is 5.82 Å². The lowest BCUT2D eigenvalue weighted by Gasteiger charge is -1.93. The zero-order valence-corrected chi connectivity index (χ0v) is 6.90. The van der Waals surface area contributed by atoms with Gasteiger partial charge >= 0.3 is 0 Å². The second kappa shape index (κ2) is 4.76. The van der Waals surface area contributed by atoms with Crippen molar-refractivity contribution < 1.29 is 4.39 Å². The molecule has 11 heavy (non-hydrogen) atoms. The monoisotopic (exact) mass is 170 g/mol. The number of halogens is 2. The summed E-state index contributed by atoms with van der Waals surface area (Å²) in [6, 6.07) is 4.62. The predicted molar refractivity (Wildman–Crippen MR) is 46.0 cm³/mol. The Labute approximate surface area is 71.0 Å². The molecular weight excluding hydrogens is 163 g/mol. The van der Waals surface area contributed by atoms with Crippen molar-refractivity contribution in [1.29, 1.82) is 0 Å². The van der Waals surface area contributed by atoms with E-state index in [1.54, 1.807) is 19.1 Å². The predicted octanol–water partition coefficient (Wildman–Crippen LogP) is 3.04. The smallest absolute Gasteiger partial charge is 0.127 e. The molecule has 0 radical (unpaired) electrons. The molecule has 0 aliphatic heterocycles. The van der Waals surface area contributed by atoms with Crippen molar-refractivity contribution in [3.8, 4) is 12.8 Å². The van der Waals surface area contributed by atoms with E-state index in [4.69, 9.17) is 11.6 Å². The number of hydrogen-bond acceptors (Lipinski definition) is 0. The molecular formula is C9H8ClF. The maximum atomic E-state index is 12.5. The molecule has 0 fully saturated rings. The lowest BCUT2D eigenvalue weighted by molar-refractivity contribution is 0.618. The molecule has 0 unspecified atom stereocenters. The fourth-order valence-corrected chi connectivity index (χ4v) is 0.726. The first-order valence-corrected chi connectivity index (χ1v) is 3.33. The van der Waals surface area contributed by atoms with Crippen molar-refractivity contribution in [2.24, 2.45) is 0 Å². The standard InChI is InChI=1S/C7H6ClF.C2H2/c1-5-2-3-6(8)4-7(5)9;1-2/h2-4H,1H3;1-2H. The van der Waals surface area contributed by atoms with E-state index in [9.17, 15) is 4.39 Å². The zero-order valence-electron chi connectivity index (χ0n) is 6.14. The second-order valence-corrected chi connectivity index (χ2v) is 2.33. The normalized spacial score (nSPS) is 8.09. The highest BCUT2D eigenvalue weighted by Gasteiger charge is 1.94. The number of rotatable bonds is 0. The minimum Gasteiger partial charge on any atom is -0.207 e. The van der Waals surface area contributed by atoms with Gasteiger partial charge < -0.3 is 0 Å². The molecule has 0 saturated carbocycles. The molecule has 0 saturated heterocycles. The fourth-order valence-electron chi connectivity index (χ4n) is 0.567. The van der Waals surface area contributed by atoms with Crippen LogP contribution in [0.4, 0.5) is 4.39 Å². The molecule has 0 N–H and O–H groups in total. The maximum Gasteiger partial charge on any atom is 0.127 e. The van der Waals surface area contributed by atoms with E-state index >= 15 is 0 Å². The summed E-state index contributed by atoms with van der Waals surface area (Å²) in [6.45, 7) is 1.70. The van der Waals surface area contributed by atoms with Crippen LogP contribution in [0.15, 0.2) is 18.2 Å². The third-order valence-corrected chi connectivity index (χ3v) is 1.37. The summed E-state index contributed by atoms with van der Waals surface area (Å²) in [5.41, 5.74) is 0.624. The van der Waals surface area contributed by atoms with Gasteiger partial charge in [0, 0.05) is 5.02 Å². The minimum atomic E-state index is -0.248. The topological polar surface area (TPSA) is 0 Å². The van der Waals surface area contributed by atoms with Crippen molar-refractivity contribution in [1.82, 2.24) is 0 Å². The first-order chi connectivity index (χ1) is 5.20. The summed E-state index contributed by atoms with van der Waals surface area (Å²) in [6.07, 6.45) is 8.00. The van der Waals surface area contributed by atoms with Gasteiger partial charge in [-0.25, -0.2) is 4.39 Å². The Morgan fingerprint density at radius 3 is 2.27 bits per heavy atom. The van der Waals surface area contributed by atoms with E-state index < -0.39 is 0 Å². The van der Waals surface area contributed by atoms with Crippen LogP contribution in [-0.2, 0) is 0 Å². The molecule has 2 heteroatoms. The van der Waals surface area contributed by atoms with Crippen LogP contribution in [0.5, 0.6) is 0 Å². The molecule has 58 valence electrons. The van der Waals surface area contributed by atoms with Gasteiger partial charge in [0.15, 0.2) is 0 Å². The minimum absolute atomic E-state index is 0.248. The largest absolute Gasteiger partial charge is 0.207 e. The van der Waals surface area contributed by atoms with E-state index in [1.165, 1.54) is 6.07 Å². The lowest BCUT2D eigenvalue weighted by atomic mass is 10.2. The Morgan fingerprint density at radius 2 is 1.91 bits per heavy atom. The third kappa shape index (κ3) is 3.06. The molecule has 1 aromatic carbocycles. The average molecular weight is 171 g/mol. The third-order valence-electron chi connectivity index (χ3n) is 1.13. The maximum absolute atomic E-state index is 12.5. The second-order valence-electron chi connectivity index (χ2n) is 1.89. The van der Waals surface area contributed by atoms with Crippen molar-refractivity contribution in [2.75, 3.05) is 0 Å². The van der Waals surface area contributed by atoms with Crippen LogP contribution in [0.25, 0.3) is 0 Å². The van der Waals surface area contributed by atoms with Crippen LogP contribution in [0.2, 0.25) is 5.02 Å². The Kier molecular flexibility index (Phi) is 4.33. The summed E-state index contributed by atoms with van der Waals surface area (Å²) in [5.74, 6) is -0.248. The Hall–Kier alpha value is -1.00. The fraction of sp³-hybridized carbons (Fsp3) is 0.111. The molecule has 0 bridgehead atoms. The van der Waals surface area contributed by atoms with Gasteiger partial charge in [-0.2, -0.15) is 0 Å². The van der Waals surface area contributed by atoms with E-state index in [2.05, 4.69) is 12.8 Å². The summed E-state index contributed by atoms with van der Waals surface area (Å²) in [7, 11) is 0. The SMILES string of the molecule is C#C.Cc1ccc(Cl)cc1F. The van der Waals surface area contributed by atoms with Gasteiger partial charge in [0.25, 0.3) is 0 Å². The first-order valence-electron chi connectivity index (χ1n) is 2.95. The number of terminal acetylenes is 1. The number of benzene rings is 1. The summed E-state index contributed by atoms with van der Waals surface area (Å²) in [5, 5.41) is 0.443. The molecule has 0 heterocycles. The molecule has 0 aromatic heterocycles. The number of aryl methyl sites for hydroxylation is 1. The molecule has 0 amide bonds. The average Bonchev–Trinajstić information content (AvgIpc) is 2.02. The highest BCUT2D eigenvalue weighted by molar-refractivity contribution is 6.30. The van der Waals surface area contributed by atoms with Crippen molar-refractivity contribution >= 4 is 11.6 Å². The van der Waals surface area contributed by atoms with Gasteiger partial charge in [0.2, 0.25) is 0 Å². The van der Waals surface area contributed by atoms with Gasteiger partial charge in [0.05, 0.1) is 0 Å². The van der Waals surface area contributed by atoms with E-state index in [1.807, 2.05) is 0 Å². The summed E-state index contributed by atoms with van der Waals surface area (Å²) >= 11 is 5.48. The molecule has 0 aliphatic rings. The van der Waals surface area contributed by atoms with E-state index in [-0.39, 0.29) is 5.82 Å². The Balaban J connectivity index is 0.000000461. The van der Waals surface area contributed by atoms with Crippen LogP contribution >= 0.6 is 11.6 Å². The van der Waals surface area contributed by atoms with Crippen molar-refractivity contribution in [3.63, 3.8) is 0 Å². The molecule has 0 aliphatic carbocycles. The molecule has 0 spiro atoms. The lowest BCUT2D eigenvalue weighted by Crippen LogP contribution is -1.78. The quantitative estimate of drug-likeness (QED) is 0.525. The van der Waals surface area contributed by atoms with Gasteiger partial charge in [-0.15, -0.1) is 12.8 Å².